The monoisotopic (exact) mass is 309 g/mol. The van der Waals surface area contributed by atoms with E-state index in [1.807, 2.05) is 6.07 Å². The van der Waals surface area contributed by atoms with Gasteiger partial charge < -0.3 is 4.74 Å². The van der Waals surface area contributed by atoms with E-state index in [4.69, 9.17) is 0 Å². The average molecular weight is 310 g/mol. The zero-order valence-electron chi connectivity index (χ0n) is 10.8. The molecule has 0 aliphatic carbocycles. The number of hydrogen-bond acceptors (Lipinski definition) is 3. The molecular weight excluding hydrogens is 294 g/mol. The molecule has 0 radical (unpaired) electrons. The SMILES string of the molecule is CCC(C)C#Cc1cc(CBr)nc(C(=O)OC)c1. The van der Waals surface area contributed by atoms with Crippen LogP contribution in [-0.2, 0) is 10.1 Å². The summed E-state index contributed by atoms with van der Waals surface area (Å²) < 4.78 is 4.67. The van der Waals surface area contributed by atoms with Crippen molar-refractivity contribution in [2.24, 2.45) is 5.92 Å². The highest BCUT2D eigenvalue weighted by Gasteiger charge is 2.09. The molecule has 18 heavy (non-hydrogen) atoms. The van der Waals surface area contributed by atoms with Gasteiger partial charge in [-0.05, 0) is 18.6 Å². The first-order valence-electron chi connectivity index (χ1n) is 5.77. The summed E-state index contributed by atoms with van der Waals surface area (Å²) >= 11 is 3.33. The summed E-state index contributed by atoms with van der Waals surface area (Å²) in [4.78, 5) is 15.7. The lowest BCUT2D eigenvalue weighted by Gasteiger charge is -2.02. The van der Waals surface area contributed by atoms with Gasteiger partial charge in [-0.25, -0.2) is 9.78 Å². The molecule has 0 amide bonds. The fourth-order valence-corrected chi connectivity index (χ4v) is 1.53. The minimum atomic E-state index is -0.440. The smallest absolute Gasteiger partial charge is 0.356 e. The molecule has 0 spiro atoms. The number of nitrogens with zero attached hydrogens (tertiary/aromatic N) is 1. The van der Waals surface area contributed by atoms with Gasteiger partial charge in [-0.2, -0.15) is 0 Å². The molecule has 3 nitrogen and oxygen atoms in total. The Bertz CT molecular complexity index is 488. The van der Waals surface area contributed by atoms with Crippen molar-refractivity contribution in [1.29, 1.82) is 0 Å². The van der Waals surface area contributed by atoms with Gasteiger partial charge in [-0.1, -0.05) is 41.6 Å². The van der Waals surface area contributed by atoms with Crippen molar-refractivity contribution in [2.45, 2.75) is 25.6 Å². The first kappa shape index (κ1) is 14.7. The van der Waals surface area contributed by atoms with Crippen LogP contribution in [0.25, 0.3) is 0 Å². The molecule has 0 aliphatic rings. The number of aromatic nitrogens is 1. The van der Waals surface area contributed by atoms with Crippen molar-refractivity contribution < 1.29 is 9.53 Å². The quantitative estimate of drug-likeness (QED) is 0.489. The summed E-state index contributed by atoms with van der Waals surface area (Å²) in [5.74, 6) is 6.11. The molecule has 1 rings (SSSR count). The van der Waals surface area contributed by atoms with Crippen molar-refractivity contribution in [3.05, 3.63) is 29.1 Å². The predicted octanol–water partition coefficient (Wildman–Crippen LogP) is 3.16. The van der Waals surface area contributed by atoms with E-state index in [0.717, 1.165) is 17.7 Å². The maximum Gasteiger partial charge on any atom is 0.356 e. The van der Waals surface area contributed by atoms with Crippen LogP contribution in [0.1, 0.15) is 42.0 Å². The van der Waals surface area contributed by atoms with E-state index in [9.17, 15) is 4.79 Å². The van der Waals surface area contributed by atoms with Crippen molar-refractivity contribution >= 4 is 21.9 Å². The summed E-state index contributed by atoms with van der Waals surface area (Å²) in [5, 5.41) is 0.579. The zero-order chi connectivity index (χ0) is 13.5. The Morgan fingerprint density at radius 3 is 2.83 bits per heavy atom. The normalized spacial score (nSPS) is 11.3. The van der Waals surface area contributed by atoms with Gasteiger partial charge in [-0.15, -0.1) is 0 Å². The van der Waals surface area contributed by atoms with Crippen LogP contribution in [0.15, 0.2) is 12.1 Å². The van der Waals surface area contributed by atoms with E-state index in [2.05, 4.69) is 51.3 Å². The van der Waals surface area contributed by atoms with Crippen LogP contribution in [0.5, 0.6) is 0 Å². The first-order valence-corrected chi connectivity index (χ1v) is 6.89. The van der Waals surface area contributed by atoms with E-state index in [0.29, 0.717) is 16.9 Å². The second-order valence-electron chi connectivity index (χ2n) is 3.94. The van der Waals surface area contributed by atoms with Crippen LogP contribution >= 0.6 is 15.9 Å². The Morgan fingerprint density at radius 2 is 2.28 bits per heavy atom. The summed E-state index contributed by atoms with van der Waals surface area (Å²) in [6, 6.07) is 3.53. The van der Waals surface area contributed by atoms with Crippen molar-refractivity contribution in [3.8, 4) is 11.8 Å². The first-order chi connectivity index (χ1) is 8.60. The number of carbonyl (C=O) groups excluding carboxylic acids is 1. The molecule has 1 heterocycles. The standard InChI is InChI=1S/C14H16BrNO2/c1-4-10(2)5-6-11-7-12(9-15)16-13(8-11)14(17)18-3/h7-8,10H,4,9H2,1-3H3. The Morgan fingerprint density at radius 1 is 1.56 bits per heavy atom. The Kier molecular flexibility index (Phi) is 5.87. The molecule has 0 saturated heterocycles. The highest BCUT2D eigenvalue weighted by atomic mass is 79.9. The zero-order valence-corrected chi connectivity index (χ0v) is 12.4. The van der Waals surface area contributed by atoms with E-state index in [1.54, 1.807) is 6.07 Å². The molecular formula is C14H16BrNO2. The van der Waals surface area contributed by atoms with Gasteiger partial charge >= 0.3 is 5.97 Å². The van der Waals surface area contributed by atoms with Crippen molar-refractivity contribution in [3.63, 3.8) is 0 Å². The number of carbonyl (C=O) groups is 1. The minimum absolute atomic E-state index is 0.294. The van der Waals surface area contributed by atoms with Gasteiger partial charge in [0.2, 0.25) is 0 Å². The summed E-state index contributed by atoms with van der Waals surface area (Å²) in [5.41, 5.74) is 1.86. The average Bonchev–Trinajstić information content (AvgIpc) is 2.43. The van der Waals surface area contributed by atoms with Crippen molar-refractivity contribution in [2.75, 3.05) is 7.11 Å². The lowest BCUT2D eigenvalue weighted by molar-refractivity contribution is 0.0593. The Balaban J connectivity index is 3.10. The lowest BCUT2D eigenvalue weighted by Crippen LogP contribution is -2.06. The molecule has 96 valence electrons. The number of rotatable bonds is 3. The summed E-state index contributed by atoms with van der Waals surface area (Å²) in [6.45, 7) is 4.16. The molecule has 0 aromatic carbocycles. The maximum absolute atomic E-state index is 11.5. The van der Waals surface area contributed by atoms with E-state index in [1.165, 1.54) is 7.11 Å². The van der Waals surface area contributed by atoms with E-state index >= 15 is 0 Å². The van der Waals surface area contributed by atoms with Gasteiger partial charge in [0, 0.05) is 16.8 Å². The number of ether oxygens (including phenoxy) is 1. The second-order valence-corrected chi connectivity index (χ2v) is 4.50. The third-order valence-electron chi connectivity index (χ3n) is 2.49. The van der Waals surface area contributed by atoms with E-state index < -0.39 is 5.97 Å². The van der Waals surface area contributed by atoms with Gasteiger partial charge in [0.15, 0.2) is 0 Å². The molecule has 1 aromatic heterocycles. The number of esters is 1. The Labute approximate surface area is 116 Å². The molecule has 1 atom stereocenters. The number of hydrogen-bond donors (Lipinski definition) is 0. The van der Waals surface area contributed by atoms with Gasteiger partial charge in [-0.3, -0.25) is 0 Å². The predicted molar refractivity (Wildman–Crippen MR) is 74.5 cm³/mol. The van der Waals surface area contributed by atoms with Crippen molar-refractivity contribution in [1.82, 2.24) is 4.98 Å². The van der Waals surface area contributed by atoms with E-state index in [-0.39, 0.29) is 0 Å². The molecule has 0 saturated carbocycles. The molecule has 0 bridgehead atoms. The molecule has 4 heteroatoms. The van der Waals surface area contributed by atoms with Gasteiger partial charge in [0.05, 0.1) is 12.8 Å². The van der Waals surface area contributed by atoms with Crippen LogP contribution in [-0.4, -0.2) is 18.1 Å². The third kappa shape index (κ3) is 4.15. The fraction of sp³-hybridized carbons (Fsp3) is 0.429. The second kappa shape index (κ2) is 7.17. The molecule has 1 unspecified atom stereocenters. The van der Waals surface area contributed by atoms with Crippen LogP contribution in [0, 0.1) is 17.8 Å². The maximum atomic E-state index is 11.5. The highest BCUT2D eigenvalue weighted by molar-refractivity contribution is 9.08. The molecule has 0 aliphatic heterocycles. The van der Waals surface area contributed by atoms with Crippen LogP contribution in [0.4, 0.5) is 0 Å². The largest absolute Gasteiger partial charge is 0.464 e. The topological polar surface area (TPSA) is 39.2 Å². The van der Waals surface area contributed by atoms with Crippen LogP contribution in [0.3, 0.4) is 0 Å². The minimum Gasteiger partial charge on any atom is -0.464 e. The van der Waals surface area contributed by atoms with Crippen LogP contribution < -0.4 is 0 Å². The lowest BCUT2D eigenvalue weighted by atomic mass is 10.1. The Hall–Kier alpha value is -1.34. The number of pyridine rings is 1. The number of methoxy groups -OCH3 is 1. The molecule has 0 fully saturated rings. The summed E-state index contributed by atoms with van der Waals surface area (Å²) in [6.07, 6.45) is 1.01. The van der Waals surface area contributed by atoms with Gasteiger partial charge in [0.1, 0.15) is 5.69 Å². The number of alkyl halides is 1. The molecule has 1 aromatic rings. The van der Waals surface area contributed by atoms with Crippen LogP contribution in [0.2, 0.25) is 0 Å². The number of halogens is 1. The summed E-state index contributed by atoms with van der Waals surface area (Å²) in [7, 11) is 1.34. The highest BCUT2D eigenvalue weighted by Crippen LogP contribution is 2.10. The van der Waals surface area contributed by atoms with Gasteiger partial charge in [0.25, 0.3) is 0 Å². The molecule has 0 N–H and O–H groups in total. The third-order valence-corrected chi connectivity index (χ3v) is 3.06. The fourth-order valence-electron chi connectivity index (χ4n) is 1.25.